The van der Waals surface area contributed by atoms with Crippen LogP contribution in [-0.2, 0) is 12.8 Å². The number of rotatable bonds is 2. The van der Waals surface area contributed by atoms with Crippen molar-refractivity contribution in [3.8, 4) is 33.4 Å². The lowest BCUT2D eigenvalue weighted by Crippen LogP contribution is -1.98. The first-order valence-electron chi connectivity index (χ1n) is 21.1. The van der Waals surface area contributed by atoms with E-state index >= 15 is 0 Å². The Morgan fingerprint density at radius 3 is 1.39 bits per heavy atom. The van der Waals surface area contributed by atoms with E-state index in [4.69, 9.17) is 13.3 Å². The molecule has 12 aromatic rings. The largest absolute Gasteiger partial charge is 0.456 e. The summed E-state index contributed by atoms with van der Waals surface area (Å²) in [5, 5.41) is 11.5. The van der Waals surface area contributed by atoms with E-state index < -0.39 is 0 Å². The molecule has 280 valence electrons. The van der Waals surface area contributed by atoms with E-state index in [0.717, 1.165) is 79.0 Å². The summed E-state index contributed by atoms with van der Waals surface area (Å²) in [7, 11) is 0. The molecule has 1 aliphatic rings. The summed E-state index contributed by atoms with van der Waals surface area (Å²) in [5.74, 6) is 0. The van der Waals surface area contributed by atoms with Gasteiger partial charge in [0.1, 0.15) is 33.5 Å². The molecule has 0 saturated carbocycles. The van der Waals surface area contributed by atoms with Crippen LogP contribution in [0.3, 0.4) is 0 Å². The molecule has 3 heteroatoms. The Hall–Kier alpha value is -7.10. The fraction of sp³-hybridized carbons (Fsp3) is 0.107. The second-order valence-electron chi connectivity index (χ2n) is 16.4. The Morgan fingerprint density at radius 1 is 0.271 bits per heavy atom. The van der Waals surface area contributed by atoms with Gasteiger partial charge in [0.2, 0.25) is 0 Å². The lowest BCUT2D eigenvalue weighted by Gasteiger charge is -2.18. The molecule has 0 atom stereocenters. The minimum Gasteiger partial charge on any atom is -0.456 e. The standard InChI is InChI=1S/C56H38O3/c1-2-4-17-34-29-30-47-53(49(34)35-18-6-5-16-33(35)15-3-1)43-26-13-24-41(55(43)58-47)50-36-19-7-9-21-38(36)51(39-22-10-8-20-37(39)50)42-25-14-27-44-54-48(59-56(42)44)32-31-46-52(54)40-23-11-12-28-45(40)57-46/h5-14,16,18-32H,1-4,15,17H2. The monoisotopic (exact) mass is 758 g/mol. The molecule has 0 fully saturated rings. The Labute approximate surface area is 340 Å². The first kappa shape index (κ1) is 32.9. The van der Waals surface area contributed by atoms with Gasteiger partial charge in [-0.3, -0.25) is 0 Å². The SMILES string of the molecule is c1ccc2c(c1)CCCCCCc1ccc3oc4c(-c5c6ccccc6c(-c6cccc7c6oc6ccc8oc9ccccc9c8c67)c6ccccc56)cccc4c3c1-2. The number of hydrogen-bond donors (Lipinski definition) is 0. The van der Waals surface area contributed by atoms with Gasteiger partial charge in [0.05, 0.1) is 0 Å². The molecule has 3 aromatic heterocycles. The predicted molar refractivity (Wildman–Crippen MR) is 245 cm³/mol. The van der Waals surface area contributed by atoms with Crippen molar-refractivity contribution in [3.63, 3.8) is 0 Å². The zero-order valence-corrected chi connectivity index (χ0v) is 32.5. The first-order chi connectivity index (χ1) is 29.3. The summed E-state index contributed by atoms with van der Waals surface area (Å²) in [4.78, 5) is 0. The highest BCUT2D eigenvalue weighted by atomic mass is 16.3. The van der Waals surface area contributed by atoms with Crippen LogP contribution in [0.2, 0.25) is 0 Å². The van der Waals surface area contributed by atoms with Crippen molar-refractivity contribution in [2.75, 3.05) is 0 Å². The zero-order chi connectivity index (χ0) is 38.6. The summed E-state index contributed by atoms with van der Waals surface area (Å²) in [6, 6.07) is 57.1. The summed E-state index contributed by atoms with van der Waals surface area (Å²) < 4.78 is 20.3. The van der Waals surface area contributed by atoms with Crippen molar-refractivity contribution >= 4 is 87.4 Å². The van der Waals surface area contributed by atoms with Gasteiger partial charge in [0.15, 0.2) is 0 Å². The maximum Gasteiger partial charge on any atom is 0.143 e. The smallest absolute Gasteiger partial charge is 0.143 e. The third-order valence-corrected chi connectivity index (χ3v) is 13.2. The van der Waals surface area contributed by atoms with Gasteiger partial charge in [-0.05, 0) is 93.7 Å². The number of aryl methyl sites for hydroxylation is 2. The minimum absolute atomic E-state index is 0.857. The molecule has 0 saturated heterocycles. The molecular formula is C56H38O3. The number of para-hydroxylation sites is 3. The first-order valence-corrected chi connectivity index (χ1v) is 21.1. The van der Waals surface area contributed by atoms with E-state index in [2.05, 4.69) is 140 Å². The average molecular weight is 759 g/mol. The summed E-state index contributed by atoms with van der Waals surface area (Å²) in [6.45, 7) is 0. The second-order valence-corrected chi connectivity index (χ2v) is 16.4. The van der Waals surface area contributed by atoms with Crippen LogP contribution in [0.1, 0.15) is 36.8 Å². The van der Waals surface area contributed by atoms with Crippen LogP contribution in [0.4, 0.5) is 0 Å². The molecule has 0 unspecified atom stereocenters. The highest BCUT2D eigenvalue weighted by Crippen LogP contribution is 2.50. The van der Waals surface area contributed by atoms with Crippen molar-refractivity contribution in [3.05, 3.63) is 169 Å². The topological polar surface area (TPSA) is 39.4 Å². The summed E-state index contributed by atoms with van der Waals surface area (Å²) >= 11 is 0. The molecule has 13 rings (SSSR count). The van der Waals surface area contributed by atoms with Crippen LogP contribution < -0.4 is 0 Å². The van der Waals surface area contributed by atoms with Gasteiger partial charge in [-0.25, -0.2) is 0 Å². The van der Waals surface area contributed by atoms with Crippen molar-refractivity contribution in [2.45, 2.75) is 38.5 Å². The van der Waals surface area contributed by atoms with Crippen molar-refractivity contribution < 1.29 is 13.3 Å². The molecule has 59 heavy (non-hydrogen) atoms. The molecule has 0 radical (unpaired) electrons. The maximum atomic E-state index is 7.09. The van der Waals surface area contributed by atoms with E-state index in [1.807, 2.05) is 18.2 Å². The lowest BCUT2D eigenvalue weighted by atomic mass is 9.84. The molecule has 0 N–H and O–H groups in total. The Bertz CT molecular complexity index is 3630. The third-order valence-electron chi connectivity index (χ3n) is 13.2. The molecule has 0 aliphatic heterocycles. The van der Waals surface area contributed by atoms with Gasteiger partial charge in [-0.1, -0.05) is 146 Å². The van der Waals surface area contributed by atoms with Gasteiger partial charge in [-0.2, -0.15) is 0 Å². The van der Waals surface area contributed by atoms with Crippen LogP contribution in [0, 0.1) is 0 Å². The summed E-state index contributed by atoms with van der Waals surface area (Å²) in [6.07, 6.45) is 7.16. The molecule has 0 bridgehead atoms. The third kappa shape index (κ3) is 4.76. The lowest BCUT2D eigenvalue weighted by molar-refractivity contribution is 0.638. The molecule has 1 aliphatic carbocycles. The molecule has 0 spiro atoms. The zero-order valence-electron chi connectivity index (χ0n) is 32.5. The average Bonchev–Trinajstić information content (AvgIpc) is 3.98. The maximum absolute atomic E-state index is 7.09. The van der Waals surface area contributed by atoms with Gasteiger partial charge in [-0.15, -0.1) is 0 Å². The van der Waals surface area contributed by atoms with Crippen LogP contribution in [0.25, 0.3) is 121 Å². The van der Waals surface area contributed by atoms with E-state index in [0.29, 0.717) is 0 Å². The Morgan fingerprint density at radius 2 is 0.729 bits per heavy atom. The van der Waals surface area contributed by atoms with Gasteiger partial charge < -0.3 is 13.3 Å². The van der Waals surface area contributed by atoms with E-state index in [1.165, 1.54) is 91.4 Å². The number of fused-ring (bicyclic) bond motifs is 16. The second kappa shape index (κ2) is 12.7. The number of hydrogen-bond acceptors (Lipinski definition) is 3. The highest BCUT2D eigenvalue weighted by molar-refractivity contribution is 6.30. The van der Waals surface area contributed by atoms with Crippen molar-refractivity contribution in [2.24, 2.45) is 0 Å². The Balaban J connectivity index is 1.10. The van der Waals surface area contributed by atoms with Crippen LogP contribution in [-0.4, -0.2) is 0 Å². The molecular weight excluding hydrogens is 721 g/mol. The van der Waals surface area contributed by atoms with Gasteiger partial charge in [0, 0.05) is 54.6 Å². The number of benzene rings is 9. The van der Waals surface area contributed by atoms with Gasteiger partial charge in [0.25, 0.3) is 0 Å². The minimum atomic E-state index is 0.857. The molecule has 3 nitrogen and oxygen atoms in total. The van der Waals surface area contributed by atoms with Gasteiger partial charge >= 0.3 is 0 Å². The quantitative estimate of drug-likeness (QED) is 0.165. The van der Waals surface area contributed by atoms with Crippen LogP contribution in [0.5, 0.6) is 0 Å². The summed E-state index contributed by atoms with van der Waals surface area (Å²) in [5.41, 5.74) is 15.5. The van der Waals surface area contributed by atoms with Crippen molar-refractivity contribution in [1.82, 2.24) is 0 Å². The fourth-order valence-corrected chi connectivity index (χ4v) is 10.6. The molecule has 3 heterocycles. The number of furan rings is 3. The van der Waals surface area contributed by atoms with E-state index in [1.54, 1.807) is 0 Å². The fourth-order valence-electron chi connectivity index (χ4n) is 10.6. The highest BCUT2D eigenvalue weighted by Gasteiger charge is 2.25. The Kier molecular flexibility index (Phi) is 7.09. The predicted octanol–water partition coefficient (Wildman–Crippen LogP) is 16.4. The molecule has 9 aromatic carbocycles. The normalized spacial score (nSPS) is 13.7. The van der Waals surface area contributed by atoms with E-state index in [-0.39, 0.29) is 0 Å². The molecule has 0 amide bonds. The van der Waals surface area contributed by atoms with Crippen LogP contribution in [0.15, 0.2) is 171 Å². The van der Waals surface area contributed by atoms with Crippen molar-refractivity contribution in [1.29, 1.82) is 0 Å². The van der Waals surface area contributed by atoms with E-state index in [9.17, 15) is 0 Å². The van der Waals surface area contributed by atoms with Crippen LogP contribution >= 0.6 is 0 Å².